The number of nitrogens with one attached hydrogen (secondary N) is 1. The van der Waals surface area contributed by atoms with Gasteiger partial charge >= 0.3 is 0 Å². The molecule has 0 radical (unpaired) electrons. The van der Waals surface area contributed by atoms with Crippen molar-refractivity contribution in [3.8, 4) is 0 Å². The van der Waals surface area contributed by atoms with E-state index in [4.69, 9.17) is 0 Å². The second kappa shape index (κ2) is 8.78. The maximum absolute atomic E-state index is 3.34. The minimum atomic E-state index is 0.897. The molecule has 2 heteroatoms. The Balaban J connectivity index is 2.89. The fourth-order valence-electron chi connectivity index (χ4n) is 0.997. The zero-order valence-corrected chi connectivity index (χ0v) is 9.86. The van der Waals surface area contributed by atoms with Crippen LogP contribution in [-0.4, -0.2) is 17.0 Å². The van der Waals surface area contributed by atoms with Crippen molar-refractivity contribution in [2.45, 2.75) is 43.5 Å². The molecule has 0 bridgehead atoms. The van der Waals surface area contributed by atoms with E-state index in [1.54, 1.807) is 0 Å². The highest BCUT2D eigenvalue weighted by Crippen LogP contribution is 2.12. The number of hydrogen-bond donors (Lipinski definition) is 1. The highest BCUT2D eigenvalue weighted by atomic mass is 127. The van der Waals surface area contributed by atoms with Gasteiger partial charge in [0.2, 0.25) is 0 Å². The van der Waals surface area contributed by atoms with Crippen LogP contribution in [-0.2, 0) is 0 Å². The van der Waals surface area contributed by atoms with Gasteiger partial charge in [0, 0.05) is 3.92 Å². The van der Waals surface area contributed by atoms with E-state index in [0.717, 1.165) is 10.5 Å². The molecule has 0 saturated carbocycles. The van der Waals surface area contributed by atoms with Gasteiger partial charge in [-0.3, -0.25) is 0 Å². The molecule has 0 aliphatic rings. The maximum atomic E-state index is 3.34. The second-order valence-corrected chi connectivity index (χ2v) is 4.62. The Morgan fingerprint density at radius 3 is 2.55 bits per heavy atom. The lowest BCUT2D eigenvalue weighted by Crippen LogP contribution is -2.14. The topological polar surface area (TPSA) is 12.0 Å². The average Bonchev–Trinajstić information content (AvgIpc) is 2.04. The first-order valence-corrected chi connectivity index (χ1v) is 5.90. The fourth-order valence-corrected chi connectivity index (χ4v) is 1.44. The molecule has 0 heterocycles. The molecule has 0 aromatic rings. The average molecular weight is 269 g/mol. The largest absolute Gasteiger partial charge is 0.317 e. The van der Waals surface area contributed by atoms with Crippen LogP contribution in [0.4, 0.5) is 0 Å². The molecule has 0 fully saturated rings. The van der Waals surface area contributed by atoms with E-state index < -0.39 is 0 Å². The molecule has 0 spiro atoms. The van der Waals surface area contributed by atoms with Crippen LogP contribution in [0, 0.1) is 0 Å². The van der Waals surface area contributed by atoms with E-state index in [9.17, 15) is 0 Å². The van der Waals surface area contributed by atoms with Crippen LogP contribution in [0.25, 0.3) is 0 Å². The molecule has 0 saturated heterocycles. The molecule has 0 aliphatic carbocycles. The number of halogens is 1. The molecule has 11 heavy (non-hydrogen) atoms. The monoisotopic (exact) mass is 269 g/mol. The lowest BCUT2D eigenvalue weighted by Gasteiger charge is -2.05. The van der Waals surface area contributed by atoms with Crippen molar-refractivity contribution in [1.29, 1.82) is 0 Å². The van der Waals surface area contributed by atoms with Gasteiger partial charge in [0.1, 0.15) is 0 Å². The predicted molar refractivity (Wildman–Crippen MR) is 60.5 cm³/mol. The van der Waals surface area contributed by atoms with Crippen molar-refractivity contribution in [3.63, 3.8) is 0 Å². The summed E-state index contributed by atoms with van der Waals surface area (Å²) in [7, 11) is 0. The van der Waals surface area contributed by atoms with Gasteiger partial charge in [-0.25, -0.2) is 0 Å². The summed E-state index contributed by atoms with van der Waals surface area (Å²) in [6, 6.07) is 0. The van der Waals surface area contributed by atoms with E-state index in [-0.39, 0.29) is 0 Å². The molecule has 1 atom stereocenters. The van der Waals surface area contributed by atoms with Gasteiger partial charge in [-0.15, -0.1) is 0 Å². The van der Waals surface area contributed by atoms with Gasteiger partial charge in [-0.05, 0) is 32.4 Å². The molecule has 0 amide bonds. The molecule has 68 valence electrons. The van der Waals surface area contributed by atoms with Crippen LogP contribution in [0.5, 0.6) is 0 Å². The van der Waals surface area contributed by atoms with Crippen LogP contribution < -0.4 is 5.32 Å². The van der Waals surface area contributed by atoms with Crippen LogP contribution in [0.15, 0.2) is 0 Å². The zero-order valence-electron chi connectivity index (χ0n) is 7.70. The summed E-state index contributed by atoms with van der Waals surface area (Å²) >= 11 is 2.55. The quantitative estimate of drug-likeness (QED) is 0.425. The standard InChI is InChI=1S/C9H20IN/c1-3-9(10)7-5-6-8-11-4-2/h9,11H,3-8H2,1-2H3. The Morgan fingerprint density at radius 1 is 1.27 bits per heavy atom. The van der Waals surface area contributed by atoms with Crippen LogP contribution in [0.3, 0.4) is 0 Å². The highest BCUT2D eigenvalue weighted by molar-refractivity contribution is 14.1. The van der Waals surface area contributed by atoms with Crippen LogP contribution in [0.1, 0.15) is 39.5 Å². The summed E-state index contributed by atoms with van der Waals surface area (Å²) in [5, 5.41) is 3.34. The Kier molecular flexibility index (Phi) is 9.33. The van der Waals surface area contributed by atoms with Crippen LogP contribution >= 0.6 is 22.6 Å². The maximum Gasteiger partial charge on any atom is 0.0107 e. The van der Waals surface area contributed by atoms with Gasteiger partial charge < -0.3 is 5.32 Å². The summed E-state index contributed by atoms with van der Waals surface area (Å²) in [5.41, 5.74) is 0. The van der Waals surface area contributed by atoms with E-state index in [0.29, 0.717) is 0 Å². The molecule has 1 nitrogen and oxygen atoms in total. The van der Waals surface area contributed by atoms with Gasteiger partial charge in [0.15, 0.2) is 0 Å². The van der Waals surface area contributed by atoms with E-state index >= 15 is 0 Å². The molecule has 1 unspecified atom stereocenters. The van der Waals surface area contributed by atoms with Crippen molar-refractivity contribution in [2.24, 2.45) is 0 Å². The van der Waals surface area contributed by atoms with E-state index in [1.807, 2.05) is 0 Å². The molecule has 0 aliphatic heterocycles. The van der Waals surface area contributed by atoms with Crippen molar-refractivity contribution in [1.82, 2.24) is 5.32 Å². The third-order valence-electron chi connectivity index (χ3n) is 1.81. The molecule has 0 aromatic carbocycles. The first-order chi connectivity index (χ1) is 5.31. The minimum absolute atomic E-state index is 0.897. The minimum Gasteiger partial charge on any atom is -0.317 e. The first-order valence-electron chi connectivity index (χ1n) is 4.66. The molecule has 0 rings (SSSR count). The van der Waals surface area contributed by atoms with E-state index in [1.165, 1.54) is 32.2 Å². The summed E-state index contributed by atoms with van der Waals surface area (Å²) in [4.78, 5) is 0. The molecule has 1 N–H and O–H groups in total. The molecular formula is C9H20IN. The van der Waals surface area contributed by atoms with Gasteiger partial charge in [-0.1, -0.05) is 42.9 Å². The third kappa shape index (κ3) is 8.60. The fraction of sp³-hybridized carbons (Fsp3) is 1.00. The lowest BCUT2D eigenvalue weighted by molar-refractivity contribution is 0.607. The summed E-state index contributed by atoms with van der Waals surface area (Å²) in [6.45, 7) is 6.74. The van der Waals surface area contributed by atoms with Crippen LogP contribution in [0.2, 0.25) is 0 Å². The Labute approximate surface area is 84.5 Å². The Bertz CT molecular complexity index is 76.0. The van der Waals surface area contributed by atoms with Gasteiger partial charge in [0.25, 0.3) is 0 Å². The first kappa shape index (κ1) is 11.7. The smallest absolute Gasteiger partial charge is 0.0107 e. The molecular weight excluding hydrogens is 249 g/mol. The number of unbranched alkanes of at least 4 members (excludes halogenated alkanes) is 1. The lowest BCUT2D eigenvalue weighted by atomic mass is 10.1. The second-order valence-electron chi connectivity index (χ2n) is 2.85. The SMILES string of the molecule is CCNCCCCC(I)CC. The normalized spacial score (nSPS) is 13.4. The summed E-state index contributed by atoms with van der Waals surface area (Å²) in [5.74, 6) is 0. The number of alkyl halides is 1. The molecule has 0 aromatic heterocycles. The van der Waals surface area contributed by atoms with Crippen molar-refractivity contribution in [3.05, 3.63) is 0 Å². The van der Waals surface area contributed by atoms with Gasteiger partial charge in [0.05, 0.1) is 0 Å². The number of rotatable bonds is 7. The predicted octanol–water partition coefficient (Wildman–Crippen LogP) is 2.98. The zero-order chi connectivity index (χ0) is 8.53. The van der Waals surface area contributed by atoms with Gasteiger partial charge in [-0.2, -0.15) is 0 Å². The van der Waals surface area contributed by atoms with Crippen molar-refractivity contribution < 1.29 is 0 Å². The highest BCUT2D eigenvalue weighted by Gasteiger charge is 1.98. The summed E-state index contributed by atoms with van der Waals surface area (Å²) < 4.78 is 0.897. The summed E-state index contributed by atoms with van der Waals surface area (Å²) in [6.07, 6.45) is 5.44. The van der Waals surface area contributed by atoms with Crippen molar-refractivity contribution in [2.75, 3.05) is 13.1 Å². The van der Waals surface area contributed by atoms with Crippen molar-refractivity contribution >= 4 is 22.6 Å². The Morgan fingerprint density at radius 2 is 2.00 bits per heavy atom. The van der Waals surface area contributed by atoms with E-state index in [2.05, 4.69) is 41.8 Å². The third-order valence-corrected chi connectivity index (χ3v) is 3.32. The number of hydrogen-bond acceptors (Lipinski definition) is 1. The Hall–Kier alpha value is 0.690.